The van der Waals surface area contributed by atoms with Crippen LogP contribution >= 0.6 is 0 Å². The molecule has 3 aromatic rings. The molecule has 0 bridgehead atoms. The predicted octanol–water partition coefficient (Wildman–Crippen LogP) is 5.13. The van der Waals surface area contributed by atoms with Gasteiger partial charge >= 0.3 is 0 Å². The number of imide groups is 1. The van der Waals surface area contributed by atoms with Crippen LogP contribution in [0.2, 0.25) is 0 Å². The van der Waals surface area contributed by atoms with Crippen molar-refractivity contribution in [3.8, 4) is 11.5 Å². The largest absolute Gasteiger partial charge is 0.497 e. The van der Waals surface area contributed by atoms with E-state index in [1.165, 1.54) is 10.0 Å². The Bertz CT molecular complexity index is 1770. The van der Waals surface area contributed by atoms with E-state index in [0.29, 0.717) is 5.69 Å². The van der Waals surface area contributed by atoms with Crippen molar-refractivity contribution in [1.82, 2.24) is 10.0 Å². The second-order valence-corrected chi connectivity index (χ2v) is 11.9. The van der Waals surface area contributed by atoms with E-state index in [4.69, 9.17) is 14.6 Å². The van der Waals surface area contributed by atoms with Crippen LogP contribution in [0.3, 0.4) is 0 Å². The number of rotatable bonds is 7. The van der Waals surface area contributed by atoms with Gasteiger partial charge in [-0.2, -0.15) is 10.2 Å². The number of hydrogen-bond acceptors (Lipinski definition) is 9. The number of ether oxygens (including phenoxy) is 2. The molecule has 4 atom stereocenters. The van der Waals surface area contributed by atoms with Gasteiger partial charge in [-0.15, -0.1) is 0 Å². The number of amides is 3. The highest BCUT2D eigenvalue weighted by Gasteiger charge is 2.55. The summed E-state index contributed by atoms with van der Waals surface area (Å²) in [4.78, 5) is 42.1. The fraction of sp³-hybridized carbons (Fsp3) is 0.314. The highest BCUT2D eigenvalue weighted by molar-refractivity contribution is 6.25. The van der Waals surface area contributed by atoms with Gasteiger partial charge in [-0.3, -0.25) is 19.4 Å². The lowest BCUT2D eigenvalue weighted by atomic mass is 9.77. The predicted molar refractivity (Wildman–Crippen MR) is 171 cm³/mol. The SMILES string of the molecule is COc1ccc(/C=C2\CCCC3C2=NN(C(=O)CN2N=NC4C(=O)N(c5ccc(C)cc5)C(=O)C42)C3c2ccc(OC)cc2)cc1. The van der Waals surface area contributed by atoms with Gasteiger partial charge in [0.15, 0.2) is 12.1 Å². The van der Waals surface area contributed by atoms with Crippen molar-refractivity contribution >= 4 is 35.2 Å². The molecule has 7 rings (SSSR count). The van der Waals surface area contributed by atoms with E-state index < -0.39 is 23.9 Å². The van der Waals surface area contributed by atoms with E-state index in [1.807, 2.05) is 67.6 Å². The molecule has 3 amide bonds. The lowest BCUT2D eigenvalue weighted by Gasteiger charge is -2.30. The molecule has 1 aliphatic carbocycles. The summed E-state index contributed by atoms with van der Waals surface area (Å²) in [6, 6.07) is 20.4. The van der Waals surface area contributed by atoms with Gasteiger partial charge in [0.1, 0.15) is 18.0 Å². The average molecular weight is 619 g/mol. The third kappa shape index (κ3) is 5.11. The third-order valence-electron chi connectivity index (χ3n) is 9.12. The number of carbonyl (C=O) groups is 3. The molecule has 0 N–H and O–H groups in total. The number of hydrazone groups is 1. The van der Waals surface area contributed by atoms with Crippen LogP contribution in [0.5, 0.6) is 11.5 Å². The summed E-state index contributed by atoms with van der Waals surface area (Å²) in [5.41, 5.74) is 5.41. The maximum absolute atomic E-state index is 14.2. The van der Waals surface area contributed by atoms with Gasteiger partial charge in [0.2, 0.25) is 0 Å². The van der Waals surface area contributed by atoms with Gasteiger partial charge in [-0.1, -0.05) is 47.2 Å². The third-order valence-corrected chi connectivity index (χ3v) is 9.12. The molecule has 0 aromatic heterocycles. The number of allylic oxidation sites excluding steroid dienone is 1. The van der Waals surface area contributed by atoms with E-state index in [9.17, 15) is 14.4 Å². The highest BCUT2D eigenvalue weighted by atomic mass is 16.5. The molecule has 46 heavy (non-hydrogen) atoms. The van der Waals surface area contributed by atoms with Gasteiger partial charge < -0.3 is 9.47 Å². The fourth-order valence-electron chi connectivity index (χ4n) is 6.76. The fourth-order valence-corrected chi connectivity index (χ4v) is 6.76. The second kappa shape index (κ2) is 11.9. The summed E-state index contributed by atoms with van der Waals surface area (Å²) >= 11 is 0. The number of carbonyl (C=O) groups excluding carboxylic acids is 3. The minimum absolute atomic E-state index is 0.0183. The molecule has 4 aliphatic rings. The molecule has 3 aliphatic heterocycles. The standard InChI is InChI=1S/C35H34N6O5/c1-21-7-13-25(14-8-21)40-34(43)31-33(35(40)44)39(38-36-31)20-29(42)41-32(23-11-17-27(46-3)18-12-23)28-6-4-5-24(30(28)37-41)19-22-9-15-26(45-2)16-10-22/h7-19,28,31-33H,4-6,20H2,1-3H3/b24-19+. The maximum atomic E-state index is 14.2. The Labute approximate surface area is 266 Å². The number of anilines is 1. The number of nitrogens with zero attached hydrogens (tertiary/aromatic N) is 6. The number of benzene rings is 3. The Morgan fingerprint density at radius 2 is 1.57 bits per heavy atom. The van der Waals surface area contributed by atoms with Crippen molar-refractivity contribution in [1.29, 1.82) is 0 Å². The molecule has 1 saturated carbocycles. The molecular weight excluding hydrogens is 584 g/mol. The zero-order valence-electron chi connectivity index (χ0n) is 25.9. The van der Waals surface area contributed by atoms with Crippen LogP contribution in [0.25, 0.3) is 6.08 Å². The smallest absolute Gasteiger partial charge is 0.264 e. The van der Waals surface area contributed by atoms with Crippen LogP contribution in [-0.2, 0) is 14.4 Å². The first-order valence-corrected chi connectivity index (χ1v) is 15.4. The molecule has 234 valence electrons. The van der Waals surface area contributed by atoms with Crippen molar-refractivity contribution in [2.24, 2.45) is 21.4 Å². The summed E-state index contributed by atoms with van der Waals surface area (Å²) in [5.74, 6) is 0.249. The molecule has 3 aromatic carbocycles. The Hall–Kier alpha value is -5.32. The van der Waals surface area contributed by atoms with Crippen LogP contribution in [0.15, 0.2) is 93.8 Å². The van der Waals surface area contributed by atoms with Gasteiger partial charge in [0.25, 0.3) is 17.7 Å². The summed E-state index contributed by atoms with van der Waals surface area (Å²) < 4.78 is 10.7. The number of fused-ring (bicyclic) bond motifs is 2. The zero-order valence-corrected chi connectivity index (χ0v) is 25.9. The Kier molecular flexibility index (Phi) is 7.59. The van der Waals surface area contributed by atoms with Crippen molar-refractivity contribution in [2.45, 2.75) is 44.3 Å². The van der Waals surface area contributed by atoms with Gasteiger partial charge in [0.05, 0.1) is 31.7 Å². The average Bonchev–Trinajstić information content (AvgIpc) is 3.75. The Morgan fingerprint density at radius 3 is 2.24 bits per heavy atom. The normalized spacial score (nSPS) is 24.4. The molecule has 11 heteroatoms. The molecule has 0 spiro atoms. The molecule has 4 unspecified atom stereocenters. The zero-order chi connectivity index (χ0) is 31.9. The highest BCUT2D eigenvalue weighted by Crippen LogP contribution is 2.45. The van der Waals surface area contributed by atoms with Gasteiger partial charge in [-0.25, -0.2) is 9.91 Å². The van der Waals surface area contributed by atoms with Crippen molar-refractivity contribution in [3.05, 3.63) is 95.1 Å². The van der Waals surface area contributed by atoms with Crippen molar-refractivity contribution in [3.63, 3.8) is 0 Å². The Morgan fingerprint density at radius 1 is 0.891 bits per heavy atom. The van der Waals surface area contributed by atoms with E-state index in [0.717, 1.165) is 63.6 Å². The van der Waals surface area contributed by atoms with E-state index in [1.54, 1.807) is 26.4 Å². The minimum atomic E-state index is -0.995. The molecule has 11 nitrogen and oxygen atoms in total. The molecule has 1 saturated heterocycles. The molecule has 3 heterocycles. The lowest BCUT2D eigenvalue weighted by molar-refractivity contribution is -0.136. The monoisotopic (exact) mass is 618 g/mol. The number of hydrogen-bond donors (Lipinski definition) is 0. The van der Waals surface area contributed by atoms with Gasteiger partial charge in [-0.05, 0) is 85.4 Å². The molecule has 0 radical (unpaired) electrons. The summed E-state index contributed by atoms with van der Waals surface area (Å²) in [7, 11) is 3.26. The van der Waals surface area contributed by atoms with Crippen LogP contribution in [0.4, 0.5) is 5.69 Å². The van der Waals surface area contributed by atoms with E-state index >= 15 is 0 Å². The summed E-state index contributed by atoms with van der Waals surface area (Å²) in [6.07, 6.45) is 4.79. The van der Waals surface area contributed by atoms with Crippen molar-refractivity contribution in [2.75, 3.05) is 25.7 Å². The topological polar surface area (TPSA) is 116 Å². The summed E-state index contributed by atoms with van der Waals surface area (Å²) in [6.45, 7) is 1.68. The van der Waals surface area contributed by atoms with Crippen LogP contribution in [0.1, 0.15) is 42.0 Å². The van der Waals surface area contributed by atoms with E-state index in [2.05, 4.69) is 16.4 Å². The first-order valence-electron chi connectivity index (χ1n) is 15.4. The van der Waals surface area contributed by atoms with Crippen molar-refractivity contribution < 1.29 is 23.9 Å². The summed E-state index contributed by atoms with van der Waals surface area (Å²) in [5, 5.41) is 16.1. The molecule has 2 fully saturated rings. The van der Waals surface area contributed by atoms with E-state index in [-0.39, 0.29) is 24.4 Å². The van der Waals surface area contributed by atoms with Crippen LogP contribution in [-0.4, -0.2) is 66.3 Å². The van der Waals surface area contributed by atoms with Crippen LogP contribution < -0.4 is 14.4 Å². The first-order chi connectivity index (χ1) is 22.4. The van der Waals surface area contributed by atoms with Gasteiger partial charge in [0, 0.05) is 5.92 Å². The number of aryl methyl sites for hydroxylation is 1. The number of methoxy groups -OCH3 is 2. The maximum Gasteiger partial charge on any atom is 0.264 e. The second-order valence-electron chi connectivity index (χ2n) is 11.9. The Balaban J connectivity index is 1.18. The lowest BCUT2D eigenvalue weighted by Crippen LogP contribution is -2.45. The quantitative estimate of drug-likeness (QED) is 0.339. The minimum Gasteiger partial charge on any atom is -0.497 e. The molecular formula is C35H34N6O5. The van der Waals surface area contributed by atoms with Crippen LogP contribution in [0, 0.1) is 12.8 Å². The first kappa shape index (κ1) is 29.4.